The number of rotatable bonds is 5. The molecule has 0 bridgehead atoms. The number of anilines is 3. The van der Waals surface area contributed by atoms with Crippen LogP contribution < -0.4 is 15.5 Å². The molecule has 0 radical (unpaired) electrons. The summed E-state index contributed by atoms with van der Waals surface area (Å²) < 4.78 is 0. The lowest BCUT2D eigenvalue weighted by Crippen LogP contribution is -2.32. The summed E-state index contributed by atoms with van der Waals surface area (Å²) in [5.74, 6) is 1.33. The van der Waals surface area contributed by atoms with Gasteiger partial charge < -0.3 is 15.5 Å². The zero-order chi connectivity index (χ0) is 20.1. The Hall–Kier alpha value is -2.63. The standard InChI is InChI=1S/C23H31N5O/c1-17-11-13-28(14-12-17)20-9-7-19(8-10-20)27-23(29)21-15-22(25-16-24-21)26-18-5-3-2-4-6-18/h7-10,15-18H,2-6,11-14H2,1H3,(H,27,29)(H,24,25,26). The molecule has 1 aromatic heterocycles. The summed E-state index contributed by atoms with van der Waals surface area (Å²) in [6.07, 6.45) is 10.1. The number of piperidine rings is 1. The van der Waals surface area contributed by atoms with E-state index in [9.17, 15) is 4.79 Å². The quantitative estimate of drug-likeness (QED) is 0.770. The fourth-order valence-corrected chi connectivity index (χ4v) is 4.23. The molecule has 1 saturated heterocycles. The van der Waals surface area contributed by atoms with E-state index in [1.807, 2.05) is 12.1 Å². The molecule has 2 N–H and O–H groups in total. The smallest absolute Gasteiger partial charge is 0.274 e. The van der Waals surface area contributed by atoms with Crippen LogP contribution in [-0.2, 0) is 0 Å². The molecule has 1 aromatic carbocycles. The molecule has 0 unspecified atom stereocenters. The number of amides is 1. The highest BCUT2D eigenvalue weighted by Crippen LogP contribution is 2.25. The van der Waals surface area contributed by atoms with Gasteiger partial charge in [0, 0.05) is 36.6 Å². The van der Waals surface area contributed by atoms with E-state index in [0.29, 0.717) is 11.7 Å². The van der Waals surface area contributed by atoms with Crippen molar-refractivity contribution in [3.63, 3.8) is 0 Å². The zero-order valence-corrected chi connectivity index (χ0v) is 17.2. The van der Waals surface area contributed by atoms with Crippen LogP contribution in [0, 0.1) is 5.92 Å². The van der Waals surface area contributed by atoms with Crippen molar-refractivity contribution < 1.29 is 4.79 Å². The molecule has 29 heavy (non-hydrogen) atoms. The largest absolute Gasteiger partial charge is 0.372 e. The number of hydrogen-bond donors (Lipinski definition) is 2. The van der Waals surface area contributed by atoms with Gasteiger partial charge in [-0.1, -0.05) is 26.2 Å². The van der Waals surface area contributed by atoms with E-state index in [1.165, 1.54) is 44.1 Å². The first-order valence-electron chi connectivity index (χ1n) is 10.9. The number of nitrogens with one attached hydrogen (secondary N) is 2. The van der Waals surface area contributed by atoms with Gasteiger partial charge in [-0.25, -0.2) is 9.97 Å². The maximum absolute atomic E-state index is 12.6. The van der Waals surface area contributed by atoms with Crippen LogP contribution in [-0.4, -0.2) is 35.0 Å². The molecule has 1 aliphatic carbocycles. The molecule has 1 saturated carbocycles. The summed E-state index contributed by atoms with van der Waals surface area (Å²) in [4.78, 5) is 23.5. The first kappa shape index (κ1) is 19.7. The monoisotopic (exact) mass is 393 g/mol. The van der Waals surface area contributed by atoms with Gasteiger partial charge in [-0.3, -0.25) is 4.79 Å². The molecule has 2 aromatic rings. The molecule has 2 fully saturated rings. The Bertz CT molecular complexity index is 808. The van der Waals surface area contributed by atoms with Gasteiger partial charge in [-0.05, 0) is 55.9 Å². The summed E-state index contributed by atoms with van der Waals surface area (Å²) in [5, 5.41) is 6.40. The fraction of sp³-hybridized carbons (Fsp3) is 0.522. The van der Waals surface area contributed by atoms with E-state index in [2.05, 4.69) is 44.6 Å². The highest BCUT2D eigenvalue weighted by Gasteiger charge is 2.17. The number of nitrogens with zero attached hydrogens (tertiary/aromatic N) is 3. The fourth-order valence-electron chi connectivity index (χ4n) is 4.23. The second kappa shape index (κ2) is 9.25. The number of carbonyl (C=O) groups excluding carboxylic acids is 1. The minimum Gasteiger partial charge on any atom is -0.372 e. The Kier molecular flexibility index (Phi) is 6.27. The minimum atomic E-state index is -0.210. The van der Waals surface area contributed by atoms with E-state index >= 15 is 0 Å². The molecule has 2 aliphatic rings. The summed E-state index contributed by atoms with van der Waals surface area (Å²) in [6.45, 7) is 4.52. The first-order valence-corrected chi connectivity index (χ1v) is 10.9. The Morgan fingerprint density at radius 3 is 2.45 bits per heavy atom. The lowest BCUT2D eigenvalue weighted by molar-refractivity contribution is 0.102. The molecule has 1 aliphatic heterocycles. The van der Waals surface area contributed by atoms with Crippen molar-refractivity contribution in [3.8, 4) is 0 Å². The second-order valence-corrected chi connectivity index (χ2v) is 8.44. The Morgan fingerprint density at radius 2 is 1.72 bits per heavy atom. The second-order valence-electron chi connectivity index (χ2n) is 8.44. The molecule has 2 heterocycles. The van der Waals surface area contributed by atoms with Crippen LogP contribution in [0.2, 0.25) is 0 Å². The van der Waals surface area contributed by atoms with Crippen LogP contribution in [0.4, 0.5) is 17.2 Å². The first-order chi connectivity index (χ1) is 14.2. The lowest BCUT2D eigenvalue weighted by Gasteiger charge is -2.32. The van der Waals surface area contributed by atoms with E-state index in [1.54, 1.807) is 6.07 Å². The van der Waals surface area contributed by atoms with Crippen LogP contribution in [0.25, 0.3) is 0 Å². The van der Waals surface area contributed by atoms with E-state index < -0.39 is 0 Å². The predicted octanol–water partition coefficient (Wildman–Crippen LogP) is 4.71. The summed E-state index contributed by atoms with van der Waals surface area (Å²) in [6, 6.07) is 10.3. The zero-order valence-electron chi connectivity index (χ0n) is 17.2. The van der Waals surface area contributed by atoms with Gasteiger partial charge in [0.15, 0.2) is 0 Å². The van der Waals surface area contributed by atoms with Crippen LogP contribution >= 0.6 is 0 Å². The SMILES string of the molecule is CC1CCN(c2ccc(NC(=O)c3cc(NC4CCCCC4)ncn3)cc2)CC1. The van der Waals surface area contributed by atoms with E-state index in [0.717, 1.165) is 43.4 Å². The molecule has 0 spiro atoms. The lowest BCUT2D eigenvalue weighted by atomic mass is 9.95. The van der Waals surface area contributed by atoms with Gasteiger partial charge in [0.2, 0.25) is 0 Å². The van der Waals surface area contributed by atoms with Crippen molar-refractivity contribution in [2.24, 2.45) is 5.92 Å². The average molecular weight is 394 g/mol. The highest BCUT2D eigenvalue weighted by molar-refractivity contribution is 6.03. The van der Waals surface area contributed by atoms with Crippen LogP contribution in [0.5, 0.6) is 0 Å². The molecule has 1 amide bonds. The number of hydrogen-bond acceptors (Lipinski definition) is 5. The van der Waals surface area contributed by atoms with Crippen molar-refractivity contribution in [2.75, 3.05) is 28.6 Å². The molecule has 4 rings (SSSR count). The van der Waals surface area contributed by atoms with Crippen LogP contribution in [0.15, 0.2) is 36.7 Å². The van der Waals surface area contributed by atoms with E-state index in [4.69, 9.17) is 0 Å². The van der Waals surface area contributed by atoms with Gasteiger partial charge in [-0.15, -0.1) is 0 Å². The van der Waals surface area contributed by atoms with Crippen molar-refractivity contribution in [2.45, 2.75) is 57.9 Å². The molecule has 0 atom stereocenters. The van der Waals surface area contributed by atoms with Crippen LogP contribution in [0.3, 0.4) is 0 Å². The Balaban J connectivity index is 1.35. The Labute approximate surface area is 173 Å². The third-order valence-corrected chi connectivity index (χ3v) is 6.13. The molecular formula is C23H31N5O. The minimum absolute atomic E-state index is 0.210. The molecular weight excluding hydrogens is 362 g/mol. The molecule has 6 nitrogen and oxygen atoms in total. The van der Waals surface area contributed by atoms with Gasteiger partial charge in [0.05, 0.1) is 0 Å². The van der Waals surface area contributed by atoms with E-state index in [-0.39, 0.29) is 5.91 Å². The van der Waals surface area contributed by atoms with Crippen molar-refractivity contribution in [1.29, 1.82) is 0 Å². The van der Waals surface area contributed by atoms with Gasteiger partial charge in [0.1, 0.15) is 17.8 Å². The van der Waals surface area contributed by atoms with Crippen LogP contribution in [0.1, 0.15) is 62.4 Å². The summed E-state index contributed by atoms with van der Waals surface area (Å²) >= 11 is 0. The van der Waals surface area contributed by atoms with Crippen molar-refractivity contribution >= 4 is 23.1 Å². The number of benzene rings is 1. The third-order valence-electron chi connectivity index (χ3n) is 6.13. The van der Waals surface area contributed by atoms with Crippen molar-refractivity contribution in [3.05, 3.63) is 42.4 Å². The average Bonchev–Trinajstić information content (AvgIpc) is 2.76. The summed E-state index contributed by atoms with van der Waals surface area (Å²) in [7, 11) is 0. The van der Waals surface area contributed by atoms with Crippen molar-refractivity contribution in [1.82, 2.24) is 9.97 Å². The number of carbonyl (C=O) groups is 1. The summed E-state index contributed by atoms with van der Waals surface area (Å²) in [5.41, 5.74) is 2.38. The van der Waals surface area contributed by atoms with Gasteiger partial charge in [0.25, 0.3) is 5.91 Å². The van der Waals surface area contributed by atoms with Gasteiger partial charge >= 0.3 is 0 Å². The predicted molar refractivity (Wildman–Crippen MR) is 118 cm³/mol. The topological polar surface area (TPSA) is 70.2 Å². The van der Waals surface area contributed by atoms with Gasteiger partial charge in [-0.2, -0.15) is 0 Å². The number of aromatic nitrogens is 2. The molecule has 6 heteroatoms. The maximum Gasteiger partial charge on any atom is 0.274 e. The normalized spacial score (nSPS) is 18.4. The maximum atomic E-state index is 12.6. The third kappa shape index (κ3) is 5.25. The Morgan fingerprint density at radius 1 is 1.00 bits per heavy atom. The molecule has 154 valence electrons. The highest BCUT2D eigenvalue weighted by atomic mass is 16.1.